The van der Waals surface area contributed by atoms with Crippen LogP contribution in [0.2, 0.25) is 5.02 Å². The minimum absolute atomic E-state index is 0.0252. The number of hydrogen-bond acceptors (Lipinski definition) is 6. The molecule has 1 amide bonds. The molecule has 0 spiro atoms. The first-order valence-electron chi connectivity index (χ1n) is 14.3. The SMILES string of the molecule is CC(C)(O)COc1ccc([C@@H](O)[C@@H](CN2CCCC2)NC(=O)C2CCN(c3ccc4ccccc4c3)C2)cc1Cl. The third-order valence-corrected chi connectivity index (χ3v) is 8.19. The molecule has 1 unspecified atom stereocenters. The van der Waals surface area contributed by atoms with Crippen LogP contribution in [0.5, 0.6) is 5.75 Å². The fraction of sp³-hybridized carbons (Fsp3) is 0.469. The molecule has 8 heteroatoms. The van der Waals surface area contributed by atoms with Gasteiger partial charge in [-0.05, 0) is 86.8 Å². The Labute approximate surface area is 241 Å². The standard InChI is InChI=1S/C32H40ClN3O4/c1-32(2,39)21-40-29-12-10-24(18-27(29)33)30(37)28(20-35-14-5-6-15-35)34-31(38)25-13-16-36(19-25)26-11-9-22-7-3-4-8-23(22)17-26/h3-4,7-12,17-18,25,28,30,37,39H,5-6,13-16,19-21H2,1-2H3,(H,34,38)/t25?,28-,30-/m1/s1. The number of benzene rings is 3. The van der Waals surface area contributed by atoms with Crippen molar-refractivity contribution in [3.8, 4) is 5.75 Å². The van der Waals surface area contributed by atoms with E-state index in [2.05, 4.69) is 45.4 Å². The normalized spacial score (nSPS) is 19.6. The average molecular weight is 566 g/mol. The van der Waals surface area contributed by atoms with Gasteiger partial charge in [-0.15, -0.1) is 0 Å². The quantitative estimate of drug-likeness (QED) is 0.328. The van der Waals surface area contributed by atoms with Crippen molar-refractivity contribution >= 4 is 34.0 Å². The smallest absolute Gasteiger partial charge is 0.225 e. The van der Waals surface area contributed by atoms with Crippen LogP contribution in [-0.4, -0.2) is 72.0 Å². The van der Waals surface area contributed by atoms with Crippen LogP contribution in [0, 0.1) is 5.92 Å². The highest BCUT2D eigenvalue weighted by Crippen LogP contribution is 2.31. The highest BCUT2D eigenvalue weighted by atomic mass is 35.5. The molecule has 3 atom stereocenters. The summed E-state index contributed by atoms with van der Waals surface area (Å²) in [6.07, 6.45) is 2.09. The summed E-state index contributed by atoms with van der Waals surface area (Å²) >= 11 is 6.48. The number of ether oxygens (including phenoxy) is 1. The molecule has 40 heavy (non-hydrogen) atoms. The van der Waals surface area contributed by atoms with Crippen molar-refractivity contribution < 1.29 is 19.7 Å². The van der Waals surface area contributed by atoms with E-state index in [1.807, 2.05) is 12.1 Å². The number of rotatable bonds is 10. The summed E-state index contributed by atoms with van der Waals surface area (Å²) in [7, 11) is 0. The minimum Gasteiger partial charge on any atom is -0.489 e. The number of nitrogens with one attached hydrogen (secondary N) is 1. The van der Waals surface area contributed by atoms with Gasteiger partial charge in [0.1, 0.15) is 18.5 Å². The molecule has 0 saturated carbocycles. The van der Waals surface area contributed by atoms with Gasteiger partial charge >= 0.3 is 0 Å². The number of fused-ring (bicyclic) bond motifs is 1. The topological polar surface area (TPSA) is 85.3 Å². The highest BCUT2D eigenvalue weighted by molar-refractivity contribution is 6.32. The highest BCUT2D eigenvalue weighted by Gasteiger charge is 2.33. The van der Waals surface area contributed by atoms with Crippen molar-refractivity contribution in [1.29, 1.82) is 0 Å². The lowest BCUT2D eigenvalue weighted by Crippen LogP contribution is -2.48. The predicted molar refractivity (Wildman–Crippen MR) is 160 cm³/mol. The first kappa shape index (κ1) is 28.7. The predicted octanol–water partition coefficient (Wildman–Crippen LogP) is 4.78. The number of hydrogen-bond donors (Lipinski definition) is 3. The van der Waals surface area contributed by atoms with Gasteiger partial charge in [-0.25, -0.2) is 0 Å². The van der Waals surface area contributed by atoms with Gasteiger partial charge in [0.2, 0.25) is 5.91 Å². The number of aliphatic hydroxyl groups excluding tert-OH is 1. The number of carbonyl (C=O) groups is 1. The van der Waals surface area contributed by atoms with Gasteiger partial charge in [-0.3, -0.25) is 4.79 Å². The Morgan fingerprint density at radius 3 is 2.55 bits per heavy atom. The lowest BCUT2D eigenvalue weighted by molar-refractivity contribution is -0.126. The Balaban J connectivity index is 1.26. The van der Waals surface area contributed by atoms with E-state index in [1.165, 1.54) is 10.8 Å². The molecule has 3 N–H and O–H groups in total. The molecular weight excluding hydrogens is 526 g/mol. The van der Waals surface area contributed by atoms with E-state index in [1.54, 1.807) is 32.0 Å². The van der Waals surface area contributed by atoms with E-state index in [0.29, 0.717) is 29.4 Å². The Kier molecular flexibility index (Phi) is 8.86. The van der Waals surface area contributed by atoms with E-state index in [4.69, 9.17) is 16.3 Å². The van der Waals surface area contributed by atoms with Crippen LogP contribution < -0.4 is 15.0 Å². The maximum atomic E-state index is 13.5. The van der Waals surface area contributed by atoms with Crippen LogP contribution in [-0.2, 0) is 4.79 Å². The van der Waals surface area contributed by atoms with Gasteiger partial charge in [0, 0.05) is 25.3 Å². The molecule has 2 saturated heterocycles. The minimum atomic E-state index is -0.989. The maximum Gasteiger partial charge on any atom is 0.225 e. The molecule has 3 aromatic carbocycles. The number of aliphatic hydroxyl groups is 2. The number of carbonyl (C=O) groups excluding carboxylic acids is 1. The molecule has 2 aliphatic heterocycles. The molecule has 2 aliphatic rings. The monoisotopic (exact) mass is 565 g/mol. The van der Waals surface area contributed by atoms with Crippen LogP contribution in [0.25, 0.3) is 10.8 Å². The fourth-order valence-electron chi connectivity index (χ4n) is 5.66. The molecule has 0 aromatic heterocycles. The van der Waals surface area contributed by atoms with Crippen molar-refractivity contribution in [2.24, 2.45) is 5.92 Å². The Bertz CT molecular complexity index is 1320. The summed E-state index contributed by atoms with van der Waals surface area (Å²) in [6, 6.07) is 19.4. The summed E-state index contributed by atoms with van der Waals surface area (Å²) in [5.41, 5.74) is 0.759. The molecular formula is C32H40ClN3O4. The first-order chi connectivity index (χ1) is 19.2. The molecule has 5 rings (SSSR count). The molecule has 2 heterocycles. The van der Waals surface area contributed by atoms with Gasteiger partial charge in [0.25, 0.3) is 0 Å². The van der Waals surface area contributed by atoms with Gasteiger partial charge in [-0.1, -0.05) is 48.0 Å². The zero-order valence-electron chi connectivity index (χ0n) is 23.4. The molecule has 7 nitrogen and oxygen atoms in total. The van der Waals surface area contributed by atoms with Crippen LogP contribution in [0.4, 0.5) is 5.69 Å². The van der Waals surface area contributed by atoms with E-state index >= 15 is 0 Å². The summed E-state index contributed by atoms with van der Waals surface area (Å²) < 4.78 is 5.66. The Morgan fingerprint density at radius 1 is 1.07 bits per heavy atom. The average Bonchev–Trinajstić information content (AvgIpc) is 3.63. The molecule has 3 aromatic rings. The van der Waals surface area contributed by atoms with Crippen LogP contribution in [0.3, 0.4) is 0 Å². The Hall–Kier alpha value is -2.84. The molecule has 0 radical (unpaired) electrons. The lowest BCUT2D eigenvalue weighted by Gasteiger charge is -2.30. The zero-order valence-corrected chi connectivity index (χ0v) is 24.1. The zero-order chi connectivity index (χ0) is 28.3. The van der Waals surface area contributed by atoms with Gasteiger partial charge in [0.15, 0.2) is 0 Å². The lowest BCUT2D eigenvalue weighted by atomic mass is 10.00. The second-order valence-corrected chi connectivity index (χ2v) is 12.2. The fourth-order valence-corrected chi connectivity index (χ4v) is 5.90. The van der Waals surface area contributed by atoms with Crippen LogP contribution in [0.15, 0.2) is 60.7 Å². The van der Waals surface area contributed by atoms with Crippen molar-refractivity contribution in [2.45, 2.75) is 50.9 Å². The van der Waals surface area contributed by atoms with Gasteiger partial charge < -0.3 is 30.1 Å². The van der Waals surface area contributed by atoms with E-state index in [9.17, 15) is 15.0 Å². The van der Waals surface area contributed by atoms with Gasteiger partial charge in [-0.2, -0.15) is 0 Å². The number of amides is 1. The van der Waals surface area contributed by atoms with Crippen molar-refractivity contribution in [1.82, 2.24) is 10.2 Å². The first-order valence-corrected chi connectivity index (χ1v) is 14.6. The number of halogens is 1. The molecule has 2 fully saturated rings. The van der Waals surface area contributed by atoms with Crippen molar-refractivity contribution in [3.63, 3.8) is 0 Å². The van der Waals surface area contributed by atoms with Gasteiger partial charge in [0.05, 0.1) is 22.6 Å². The summed E-state index contributed by atoms with van der Waals surface area (Å²) in [4.78, 5) is 18.1. The third-order valence-electron chi connectivity index (χ3n) is 7.90. The summed E-state index contributed by atoms with van der Waals surface area (Å²) in [5, 5.41) is 27.4. The van der Waals surface area contributed by atoms with Crippen LogP contribution in [0.1, 0.15) is 44.8 Å². The number of likely N-dealkylation sites (tertiary alicyclic amines) is 1. The van der Waals surface area contributed by atoms with E-state index in [-0.39, 0.29) is 18.4 Å². The maximum absolute atomic E-state index is 13.5. The number of anilines is 1. The number of nitrogens with zero attached hydrogens (tertiary/aromatic N) is 2. The van der Waals surface area contributed by atoms with Crippen molar-refractivity contribution in [2.75, 3.05) is 44.2 Å². The molecule has 0 aliphatic carbocycles. The van der Waals surface area contributed by atoms with E-state index < -0.39 is 17.7 Å². The Morgan fingerprint density at radius 2 is 1.82 bits per heavy atom. The largest absolute Gasteiger partial charge is 0.489 e. The molecule has 0 bridgehead atoms. The summed E-state index contributed by atoms with van der Waals surface area (Å²) in [6.45, 7) is 7.38. The van der Waals surface area contributed by atoms with E-state index in [0.717, 1.165) is 44.6 Å². The van der Waals surface area contributed by atoms with Crippen LogP contribution >= 0.6 is 11.6 Å². The third kappa shape index (κ3) is 7.07. The second-order valence-electron chi connectivity index (χ2n) is 11.8. The summed E-state index contributed by atoms with van der Waals surface area (Å²) in [5.74, 6) is 0.267. The second kappa shape index (κ2) is 12.4. The van der Waals surface area contributed by atoms with Crippen molar-refractivity contribution in [3.05, 3.63) is 71.2 Å². The molecule has 214 valence electrons.